The molecule has 1 aliphatic heterocycles. The van der Waals surface area contributed by atoms with E-state index in [0.29, 0.717) is 12.5 Å². The molecular weight excluding hydrogens is 427 g/mol. The van der Waals surface area contributed by atoms with Crippen LogP contribution in [0.25, 0.3) is 0 Å². The van der Waals surface area contributed by atoms with Crippen LogP contribution in [-0.4, -0.2) is 26.7 Å². The number of guanidine groups is 1. The number of nitrogens with one attached hydrogen (secondary N) is 1. The van der Waals surface area contributed by atoms with Crippen molar-refractivity contribution in [1.82, 2.24) is 0 Å². The molecule has 1 heterocycles. The molecule has 2 aromatic rings. The van der Waals surface area contributed by atoms with Crippen LogP contribution in [0.4, 0.5) is 11.4 Å². The highest BCUT2D eigenvalue weighted by Gasteiger charge is 2.13. The van der Waals surface area contributed by atoms with Crippen molar-refractivity contribution in [2.45, 2.75) is 19.4 Å². The second kappa shape index (κ2) is 8.94. The van der Waals surface area contributed by atoms with E-state index < -0.39 is 0 Å². The maximum Gasteiger partial charge on any atom is 0.193 e. The molecule has 6 heteroatoms. The molecule has 134 valence electrons. The van der Waals surface area contributed by atoms with E-state index in [1.54, 1.807) is 7.11 Å². The lowest BCUT2D eigenvalue weighted by Crippen LogP contribution is -2.24. The van der Waals surface area contributed by atoms with Gasteiger partial charge in [-0.15, -0.1) is 24.0 Å². The molecule has 2 aromatic carbocycles. The Morgan fingerprint density at radius 3 is 2.92 bits per heavy atom. The fourth-order valence-electron chi connectivity index (χ4n) is 3.00. The largest absolute Gasteiger partial charge is 0.497 e. The van der Waals surface area contributed by atoms with Gasteiger partial charge >= 0.3 is 0 Å². The van der Waals surface area contributed by atoms with E-state index in [0.717, 1.165) is 24.4 Å². The molecular formula is C19H25IN4O. The Balaban J connectivity index is 0.00000225. The molecule has 0 aromatic heterocycles. The van der Waals surface area contributed by atoms with E-state index in [1.165, 1.54) is 23.2 Å². The van der Waals surface area contributed by atoms with Crippen LogP contribution in [0.1, 0.15) is 17.5 Å². The van der Waals surface area contributed by atoms with Gasteiger partial charge in [-0.05, 0) is 42.2 Å². The van der Waals surface area contributed by atoms with Gasteiger partial charge in [0.2, 0.25) is 0 Å². The van der Waals surface area contributed by atoms with Crippen molar-refractivity contribution < 1.29 is 4.74 Å². The summed E-state index contributed by atoms with van der Waals surface area (Å²) in [6.45, 7) is 1.70. The number of fused-ring (bicyclic) bond motifs is 1. The SMILES string of the molecule is COc1cccc(NC(N)=NCc2ccc3c(c2)CCCN3C)c1.I. The minimum atomic E-state index is 0. The van der Waals surface area contributed by atoms with E-state index >= 15 is 0 Å². The normalized spacial score (nSPS) is 13.7. The zero-order chi connectivity index (χ0) is 16.9. The Morgan fingerprint density at radius 1 is 1.28 bits per heavy atom. The van der Waals surface area contributed by atoms with E-state index in [-0.39, 0.29) is 24.0 Å². The summed E-state index contributed by atoms with van der Waals surface area (Å²) >= 11 is 0. The smallest absolute Gasteiger partial charge is 0.193 e. The maximum absolute atomic E-state index is 5.99. The Hall–Kier alpha value is -1.96. The number of nitrogens with zero attached hydrogens (tertiary/aromatic N) is 2. The summed E-state index contributed by atoms with van der Waals surface area (Å²) in [5.41, 5.74) is 10.8. The third-order valence-electron chi connectivity index (χ3n) is 4.27. The topological polar surface area (TPSA) is 62.9 Å². The van der Waals surface area contributed by atoms with Crippen LogP contribution < -0.4 is 20.7 Å². The van der Waals surface area contributed by atoms with Gasteiger partial charge in [-0.3, -0.25) is 0 Å². The van der Waals surface area contributed by atoms with Crippen LogP contribution in [0.3, 0.4) is 0 Å². The molecule has 3 rings (SSSR count). The highest BCUT2D eigenvalue weighted by Crippen LogP contribution is 2.27. The van der Waals surface area contributed by atoms with Gasteiger partial charge in [0, 0.05) is 31.0 Å². The van der Waals surface area contributed by atoms with Gasteiger partial charge in [0.1, 0.15) is 5.75 Å². The van der Waals surface area contributed by atoms with Gasteiger partial charge < -0.3 is 20.7 Å². The lowest BCUT2D eigenvalue weighted by Gasteiger charge is -2.27. The number of aryl methyl sites for hydroxylation is 1. The fourth-order valence-corrected chi connectivity index (χ4v) is 3.00. The lowest BCUT2D eigenvalue weighted by molar-refractivity contribution is 0.415. The van der Waals surface area contributed by atoms with E-state index in [2.05, 4.69) is 40.5 Å². The molecule has 0 amide bonds. The Morgan fingerprint density at radius 2 is 2.12 bits per heavy atom. The molecule has 0 aliphatic carbocycles. The number of rotatable bonds is 4. The summed E-state index contributed by atoms with van der Waals surface area (Å²) in [5, 5.41) is 3.10. The molecule has 0 radical (unpaired) electrons. The second-order valence-electron chi connectivity index (χ2n) is 6.05. The van der Waals surface area contributed by atoms with Crippen molar-refractivity contribution in [3.05, 3.63) is 53.6 Å². The maximum atomic E-state index is 5.99. The van der Waals surface area contributed by atoms with Crippen molar-refractivity contribution in [3.8, 4) is 5.75 Å². The van der Waals surface area contributed by atoms with Crippen molar-refractivity contribution in [2.75, 3.05) is 30.9 Å². The molecule has 0 saturated carbocycles. The van der Waals surface area contributed by atoms with Crippen LogP contribution in [0, 0.1) is 0 Å². The molecule has 0 saturated heterocycles. The summed E-state index contributed by atoms with van der Waals surface area (Å²) in [6, 6.07) is 14.2. The number of aliphatic imine (C=N–C) groups is 1. The summed E-state index contributed by atoms with van der Waals surface area (Å²) < 4.78 is 5.20. The Labute approximate surface area is 166 Å². The van der Waals surface area contributed by atoms with Crippen LogP contribution in [0.2, 0.25) is 0 Å². The molecule has 1 aliphatic rings. The predicted octanol–water partition coefficient (Wildman–Crippen LogP) is 3.62. The summed E-state index contributed by atoms with van der Waals surface area (Å²) in [7, 11) is 3.79. The molecule has 25 heavy (non-hydrogen) atoms. The summed E-state index contributed by atoms with van der Waals surface area (Å²) in [6.07, 6.45) is 2.34. The molecule has 0 spiro atoms. The van der Waals surface area contributed by atoms with Gasteiger partial charge in [-0.2, -0.15) is 0 Å². The Bertz CT molecular complexity index is 748. The van der Waals surface area contributed by atoms with Crippen molar-refractivity contribution in [1.29, 1.82) is 0 Å². The number of anilines is 2. The van der Waals surface area contributed by atoms with E-state index in [9.17, 15) is 0 Å². The number of ether oxygens (including phenoxy) is 1. The van der Waals surface area contributed by atoms with Gasteiger partial charge in [-0.1, -0.05) is 18.2 Å². The number of hydrogen-bond acceptors (Lipinski definition) is 3. The van der Waals surface area contributed by atoms with Gasteiger partial charge in [-0.25, -0.2) is 4.99 Å². The first-order valence-corrected chi connectivity index (χ1v) is 8.19. The standard InChI is InChI=1S/C19H24N4O.HI/c1-23-10-4-5-15-11-14(8-9-18(15)23)13-21-19(20)22-16-6-3-7-17(12-16)24-2;/h3,6-9,11-12H,4-5,10,13H2,1-2H3,(H3,20,21,22);1H. The number of halogens is 1. The molecule has 0 atom stereocenters. The lowest BCUT2D eigenvalue weighted by atomic mass is 10.00. The molecule has 5 nitrogen and oxygen atoms in total. The molecule has 0 fully saturated rings. The first kappa shape index (κ1) is 19.4. The number of methoxy groups -OCH3 is 1. The van der Waals surface area contributed by atoms with E-state index in [1.807, 2.05) is 24.3 Å². The van der Waals surface area contributed by atoms with Gasteiger partial charge in [0.15, 0.2) is 5.96 Å². The predicted molar refractivity (Wildman–Crippen MR) is 115 cm³/mol. The average molecular weight is 452 g/mol. The van der Waals surface area contributed by atoms with Crippen LogP contribution in [0.15, 0.2) is 47.5 Å². The first-order chi connectivity index (χ1) is 11.7. The van der Waals surface area contributed by atoms with Crippen molar-refractivity contribution in [3.63, 3.8) is 0 Å². The number of hydrogen-bond donors (Lipinski definition) is 2. The van der Waals surface area contributed by atoms with Gasteiger partial charge in [0.25, 0.3) is 0 Å². The number of nitrogens with two attached hydrogens (primary N) is 1. The fraction of sp³-hybridized carbons (Fsp3) is 0.316. The highest BCUT2D eigenvalue weighted by atomic mass is 127. The zero-order valence-corrected chi connectivity index (χ0v) is 17.0. The minimum Gasteiger partial charge on any atom is -0.497 e. The van der Waals surface area contributed by atoms with E-state index in [4.69, 9.17) is 10.5 Å². The van der Waals surface area contributed by atoms with Crippen molar-refractivity contribution in [2.24, 2.45) is 10.7 Å². The second-order valence-corrected chi connectivity index (χ2v) is 6.05. The third kappa shape index (κ3) is 5.01. The number of benzene rings is 2. The zero-order valence-electron chi connectivity index (χ0n) is 14.7. The summed E-state index contributed by atoms with van der Waals surface area (Å²) in [4.78, 5) is 6.75. The summed E-state index contributed by atoms with van der Waals surface area (Å²) in [5.74, 6) is 1.18. The highest BCUT2D eigenvalue weighted by molar-refractivity contribution is 14.0. The molecule has 3 N–H and O–H groups in total. The monoisotopic (exact) mass is 452 g/mol. The van der Waals surface area contributed by atoms with Crippen LogP contribution in [-0.2, 0) is 13.0 Å². The third-order valence-corrected chi connectivity index (χ3v) is 4.27. The minimum absolute atomic E-state index is 0. The van der Waals surface area contributed by atoms with Crippen LogP contribution in [0.5, 0.6) is 5.75 Å². The molecule has 0 unspecified atom stereocenters. The Kier molecular flexibility index (Phi) is 6.92. The first-order valence-electron chi connectivity index (χ1n) is 8.19. The van der Waals surface area contributed by atoms with Gasteiger partial charge in [0.05, 0.1) is 13.7 Å². The van der Waals surface area contributed by atoms with Crippen molar-refractivity contribution >= 4 is 41.3 Å². The molecule has 0 bridgehead atoms. The average Bonchev–Trinajstić information content (AvgIpc) is 2.60. The quantitative estimate of drug-likeness (QED) is 0.423. The van der Waals surface area contributed by atoms with Crippen LogP contribution >= 0.6 is 24.0 Å².